The van der Waals surface area contributed by atoms with Gasteiger partial charge in [0.05, 0.1) is 0 Å². The van der Waals surface area contributed by atoms with Crippen LogP contribution in [0, 0.1) is 0 Å². The summed E-state index contributed by atoms with van der Waals surface area (Å²) >= 11 is 3.43. The van der Waals surface area contributed by atoms with Gasteiger partial charge in [-0.2, -0.15) is 0 Å². The van der Waals surface area contributed by atoms with Crippen LogP contribution in [0.4, 0.5) is 5.82 Å². The van der Waals surface area contributed by atoms with Crippen LogP contribution in [-0.4, -0.2) is 16.5 Å². The summed E-state index contributed by atoms with van der Waals surface area (Å²) in [7, 11) is 0. The number of hydrogen-bond acceptors (Lipinski definition) is 4. The fraction of sp³-hybridized carbons (Fsp3) is 0.231. The van der Waals surface area contributed by atoms with Crippen LogP contribution < -0.4 is 10.1 Å². The summed E-state index contributed by atoms with van der Waals surface area (Å²) in [6.45, 7) is 3.33. The van der Waals surface area contributed by atoms with Crippen LogP contribution >= 0.6 is 15.9 Å². The number of anilines is 1. The molecule has 0 atom stereocenters. The molecule has 0 aliphatic heterocycles. The fourth-order valence-electron chi connectivity index (χ4n) is 1.48. The predicted molar refractivity (Wildman–Crippen MR) is 74.7 cm³/mol. The van der Waals surface area contributed by atoms with Crippen molar-refractivity contribution in [3.05, 3.63) is 46.7 Å². The molecule has 2 aromatic rings. The molecule has 0 saturated heterocycles. The second-order valence-corrected chi connectivity index (χ2v) is 4.61. The van der Waals surface area contributed by atoms with E-state index in [9.17, 15) is 0 Å². The van der Waals surface area contributed by atoms with Crippen molar-refractivity contribution in [2.24, 2.45) is 0 Å². The number of rotatable bonds is 5. The molecule has 0 bridgehead atoms. The van der Waals surface area contributed by atoms with Crippen LogP contribution in [0.25, 0.3) is 0 Å². The lowest BCUT2D eigenvalue weighted by Crippen LogP contribution is -2.02. The van der Waals surface area contributed by atoms with E-state index in [4.69, 9.17) is 4.74 Å². The van der Waals surface area contributed by atoms with Gasteiger partial charge in [0, 0.05) is 17.1 Å². The first-order valence-corrected chi connectivity index (χ1v) is 6.50. The Morgan fingerprint density at radius 2 is 2.17 bits per heavy atom. The molecular formula is C13H14BrN3O. The molecule has 0 radical (unpaired) electrons. The summed E-state index contributed by atoms with van der Waals surface area (Å²) in [4.78, 5) is 8.16. The van der Waals surface area contributed by atoms with Gasteiger partial charge in [0.2, 0.25) is 5.88 Å². The van der Waals surface area contributed by atoms with Gasteiger partial charge in [0.25, 0.3) is 0 Å². The highest BCUT2D eigenvalue weighted by Crippen LogP contribution is 2.15. The maximum Gasteiger partial charge on any atom is 0.218 e. The Kier molecular flexibility index (Phi) is 4.52. The largest absolute Gasteiger partial charge is 0.473 e. The molecule has 2 rings (SSSR count). The molecule has 0 spiro atoms. The Hall–Kier alpha value is -1.62. The lowest BCUT2D eigenvalue weighted by Gasteiger charge is -2.07. The van der Waals surface area contributed by atoms with Gasteiger partial charge in [0.1, 0.15) is 18.8 Å². The van der Waals surface area contributed by atoms with Crippen LogP contribution in [-0.2, 0) is 6.61 Å². The maximum absolute atomic E-state index is 5.62. The average Bonchev–Trinajstić information content (AvgIpc) is 2.37. The number of halogens is 1. The standard InChI is InChI=1S/C13H14BrN3O/c1-2-15-12-7-13(17-9-16-12)18-8-10-4-3-5-11(14)6-10/h3-7,9H,2,8H2,1H3,(H,15,16,17). The minimum atomic E-state index is 0.488. The number of hydrogen-bond donors (Lipinski definition) is 1. The summed E-state index contributed by atoms with van der Waals surface area (Å²) in [5.74, 6) is 1.35. The zero-order valence-electron chi connectivity index (χ0n) is 10.1. The van der Waals surface area contributed by atoms with Crippen molar-refractivity contribution in [1.29, 1.82) is 0 Å². The molecule has 0 amide bonds. The van der Waals surface area contributed by atoms with E-state index in [1.807, 2.05) is 31.2 Å². The number of ether oxygens (including phenoxy) is 1. The van der Waals surface area contributed by atoms with E-state index in [1.54, 1.807) is 6.07 Å². The van der Waals surface area contributed by atoms with Crippen molar-refractivity contribution >= 4 is 21.7 Å². The van der Waals surface area contributed by atoms with Crippen LogP contribution in [0.2, 0.25) is 0 Å². The van der Waals surface area contributed by atoms with Gasteiger partial charge in [-0.05, 0) is 24.6 Å². The second kappa shape index (κ2) is 6.35. The van der Waals surface area contributed by atoms with Crippen LogP contribution in [0.5, 0.6) is 5.88 Å². The van der Waals surface area contributed by atoms with Crippen LogP contribution in [0.15, 0.2) is 41.1 Å². The van der Waals surface area contributed by atoms with Crippen molar-refractivity contribution in [2.75, 3.05) is 11.9 Å². The normalized spacial score (nSPS) is 10.1. The van der Waals surface area contributed by atoms with Crippen molar-refractivity contribution in [2.45, 2.75) is 13.5 Å². The van der Waals surface area contributed by atoms with Gasteiger partial charge < -0.3 is 10.1 Å². The van der Waals surface area contributed by atoms with Crippen molar-refractivity contribution in [1.82, 2.24) is 9.97 Å². The molecule has 94 valence electrons. The van der Waals surface area contributed by atoms with Gasteiger partial charge >= 0.3 is 0 Å². The van der Waals surface area contributed by atoms with E-state index in [1.165, 1.54) is 6.33 Å². The van der Waals surface area contributed by atoms with Gasteiger partial charge in [-0.1, -0.05) is 28.1 Å². The molecule has 5 heteroatoms. The number of nitrogens with one attached hydrogen (secondary N) is 1. The highest BCUT2D eigenvalue weighted by atomic mass is 79.9. The lowest BCUT2D eigenvalue weighted by atomic mass is 10.2. The Balaban J connectivity index is 1.99. The maximum atomic E-state index is 5.62. The molecule has 0 aliphatic carbocycles. The third kappa shape index (κ3) is 3.70. The molecule has 18 heavy (non-hydrogen) atoms. The van der Waals surface area contributed by atoms with Gasteiger partial charge in [0.15, 0.2) is 0 Å². The van der Waals surface area contributed by atoms with Gasteiger partial charge in [-0.15, -0.1) is 0 Å². The quantitative estimate of drug-likeness (QED) is 0.921. The zero-order valence-corrected chi connectivity index (χ0v) is 11.6. The summed E-state index contributed by atoms with van der Waals surface area (Å²) in [6.07, 6.45) is 1.49. The molecule has 0 aliphatic rings. The molecule has 0 fully saturated rings. The number of benzene rings is 1. The number of aromatic nitrogens is 2. The van der Waals surface area contributed by atoms with Gasteiger partial charge in [-0.3, -0.25) is 0 Å². The molecule has 0 unspecified atom stereocenters. The van der Waals surface area contributed by atoms with E-state index in [0.29, 0.717) is 12.5 Å². The summed E-state index contributed by atoms with van der Waals surface area (Å²) in [5.41, 5.74) is 1.09. The van der Waals surface area contributed by atoms with E-state index in [-0.39, 0.29) is 0 Å². The minimum absolute atomic E-state index is 0.488. The van der Waals surface area contributed by atoms with E-state index >= 15 is 0 Å². The van der Waals surface area contributed by atoms with E-state index < -0.39 is 0 Å². The summed E-state index contributed by atoms with van der Waals surface area (Å²) in [6, 6.07) is 9.79. The monoisotopic (exact) mass is 307 g/mol. The molecule has 1 aromatic heterocycles. The first-order chi connectivity index (χ1) is 8.78. The molecule has 1 N–H and O–H groups in total. The zero-order chi connectivity index (χ0) is 12.8. The highest BCUT2D eigenvalue weighted by molar-refractivity contribution is 9.10. The minimum Gasteiger partial charge on any atom is -0.473 e. The summed E-state index contributed by atoms with van der Waals surface area (Å²) < 4.78 is 6.66. The molecule has 1 heterocycles. The fourth-order valence-corrected chi connectivity index (χ4v) is 1.93. The average molecular weight is 308 g/mol. The smallest absolute Gasteiger partial charge is 0.218 e. The Morgan fingerprint density at radius 1 is 1.28 bits per heavy atom. The van der Waals surface area contributed by atoms with Crippen molar-refractivity contribution in [3.8, 4) is 5.88 Å². The van der Waals surface area contributed by atoms with Crippen molar-refractivity contribution in [3.63, 3.8) is 0 Å². The molecule has 0 saturated carbocycles. The topological polar surface area (TPSA) is 47.0 Å². The SMILES string of the molecule is CCNc1cc(OCc2cccc(Br)c2)ncn1. The Labute approximate surface area is 115 Å². The van der Waals surface area contributed by atoms with E-state index in [2.05, 4.69) is 31.2 Å². The second-order valence-electron chi connectivity index (χ2n) is 3.69. The first kappa shape index (κ1) is 12.8. The third-order valence-electron chi connectivity index (χ3n) is 2.28. The Bertz CT molecular complexity index is 519. The van der Waals surface area contributed by atoms with Gasteiger partial charge in [-0.25, -0.2) is 9.97 Å². The van der Waals surface area contributed by atoms with Crippen molar-refractivity contribution < 1.29 is 4.74 Å². The van der Waals surface area contributed by atoms with Crippen LogP contribution in [0.3, 0.4) is 0 Å². The van der Waals surface area contributed by atoms with Crippen LogP contribution in [0.1, 0.15) is 12.5 Å². The Morgan fingerprint density at radius 3 is 2.94 bits per heavy atom. The molecule has 4 nitrogen and oxygen atoms in total. The number of nitrogens with zero attached hydrogens (tertiary/aromatic N) is 2. The predicted octanol–water partition coefficient (Wildman–Crippen LogP) is 3.25. The molecular weight excluding hydrogens is 294 g/mol. The first-order valence-electron chi connectivity index (χ1n) is 5.71. The lowest BCUT2D eigenvalue weighted by molar-refractivity contribution is 0.293. The third-order valence-corrected chi connectivity index (χ3v) is 2.77. The molecule has 1 aromatic carbocycles. The van der Waals surface area contributed by atoms with E-state index in [0.717, 1.165) is 22.4 Å². The summed E-state index contributed by atoms with van der Waals surface area (Å²) in [5, 5.41) is 3.12. The highest BCUT2D eigenvalue weighted by Gasteiger charge is 2.00.